The maximum absolute atomic E-state index is 11.1. The first-order valence-corrected chi connectivity index (χ1v) is 5.37. The molecule has 0 amide bonds. The highest BCUT2D eigenvalue weighted by atomic mass is 35.5. The number of carbonyl (C=O) groups is 2. The Labute approximate surface area is 107 Å². The number of rotatable bonds is 7. The Morgan fingerprint density at radius 2 is 1.24 bits per heavy atom. The van der Waals surface area contributed by atoms with Crippen molar-refractivity contribution in [2.24, 2.45) is 11.5 Å². The van der Waals surface area contributed by atoms with Gasteiger partial charge in [-0.1, -0.05) is 0 Å². The highest BCUT2D eigenvalue weighted by molar-refractivity contribution is 5.85. The van der Waals surface area contributed by atoms with E-state index < -0.39 is 24.0 Å². The molecule has 6 nitrogen and oxygen atoms in total. The van der Waals surface area contributed by atoms with E-state index in [1.54, 1.807) is 13.8 Å². The summed E-state index contributed by atoms with van der Waals surface area (Å²) in [7, 11) is 0. The molecule has 0 aromatic carbocycles. The quantitative estimate of drug-likeness (QED) is 0.628. The second kappa shape index (κ2) is 10.3. The SMILES string of the molecule is CCOC(=O)C(N)CCC(N)C(=O)OCC.Cl. The summed E-state index contributed by atoms with van der Waals surface area (Å²) in [6.07, 6.45) is 0.609. The van der Waals surface area contributed by atoms with Crippen LogP contribution in [0.15, 0.2) is 0 Å². The van der Waals surface area contributed by atoms with Gasteiger partial charge in [-0.3, -0.25) is 9.59 Å². The smallest absolute Gasteiger partial charge is 0.322 e. The normalized spacial score (nSPS) is 13.2. The highest BCUT2D eigenvalue weighted by Gasteiger charge is 2.19. The fourth-order valence-electron chi connectivity index (χ4n) is 1.09. The highest BCUT2D eigenvalue weighted by Crippen LogP contribution is 2.02. The summed E-state index contributed by atoms with van der Waals surface area (Å²) in [5.41, 5.74) is 11.1. The van der Waals surface area contributed by atoms with E-state index in [0.717, 1.165) is 0 Å². The second-order valence-corrected chi connectivity index (χ2v) is 3.29. The van der Waals surface area contributed by atoms with E-state index in [9.17, 15) is 9.59 Å². The third-order valence-corrected chi connectivity index (χ3v) is 1.97. The summed E-state index contributed by atoms with van der Waals surface area (Å²) in [5.74, 6) is -0.947. The van der Waals surface area contributed by atoms with Gasteiger partial charge in [0.1, 0.15) is 12.1 Å². The van der Waals surface area contributed by atoms with Gasteiger partial charge in [0.15, 0.2) is 0 Å². The molecule has 0 aliphatic heterocycles. The van der Waals surface area contributed by atoms with Crippen molar-refractivity contribution in [2.75, 3.05) is 13.2 Å². The van der Waals surface area contributed by atoms with Crippen LogP contribution in [0.4, 0.5) is 0 Å². The van der Waals surface area contributed by atoms with Gasteiger partial charge in [-0.25, -0.2) is 0 Å². The third-order valence-electron chi connectivity index (χ3n) is 1.97. The molecule has 102 valence electrons. The number of halogens is 1. The van der Waals surface area contributed by atoms with Crippen LogP contribution >= 0.6 is 12.4 Å². The molecule has 0 aromatic heterocycles. The fraction of sp³-hybridized carbons (Fsp3) is 0.800. The zero-order valence-electron chi connectivity index (χ0n) is 10.2. The third kappa shape index (κ3) is 7.95. The van der Waals surface area contributed by atoms with E-state index in [1.807, 2.05) is 0 Å². The molecule has 0 aliphatic carbocycles. The van der Waals surface area contributed by atoms with Gasteiger partial charge in [-0.05, 0) is 26.7 Å². The van der Waals surface area contributed by atoms with Gasteiger partial charge < -0.3 is 20.9 Å². The number of hydrogen-bond donors (Lipinski definition) is 2. The molecular weight excluding hydrogens is 248 g/mol. The maximum atomic E-state index is 11.1. The van der Waals surface area contributed by atoms with Crippen LogP contribution in [-0.4, -0.2) is 37.2 Å². The number of hydrogen-bond acceptors (Lipinski definition) is 6. The molecule has 2 unspecified atom stereocenters. The molecule has 0 rings (SSSR count). The van der Waals surface area contributed by atoms with Gasteiger partial charge in [0.05, 0.1) is 13.2 Å². The molecular formula is C10H21ClN2O4. The Hall–Kier alpha value is -0.850. The number of nitrogens with two attached hydrogens (primary N) is 2. The molecule has 0 spiro atoms. The monoisotopic (exact) mass is 268 g/mol. The molecule has 0 bridgehead atoms. The summed E-state index contributed by atoms with van der Waals surface area (Å²) in [6.45, 7) is 3.98. The predicted octanol–water partition coefficient (Wildman–Crippen LogP) is -0.0308. The molecule has 0 aliphatic rings. The van der Waals surface area contributed by atoms with Crippen molar-refractivity contribution >= 4 is 24.3 Å². The lowest BCUT2D eigenvalue weighted by molar-refractivity contribution is -0.147. The maximum Gasteiger partial charge on any atom is 0.322 e. The number of esters is 2. The Morgan fingerprint density at radius 3 is 1.47 bits per heavy atom. The molecule has 2 atom stereocenters. The van der Waals surface area contributed by atoms with Gasteiger partial charge in [0.2, 0.25) is 0 Å². The van der Waals surface area contributed by atoms with Crippen molar-refractivity contribution in [1.29, 1.82) is 0 Å². The summed E-state index contributed by atoms with van der Waals surface area (Å²) in [5, 5.41) is 0. The van der Waals surface area contributed by atoms with E-state index in [2.05, 4.69) is 0 Å². The van der Waals surface area contributed by atoms with Crippen molar-refractivity contribution in [2.45, 2.75) is 38.8 Å². The first-order valence-electron chi connectivity index (χ1n) is 5.37. The van der Waals surface area contributed by atoms with Gasteiger partial charge in [-0.15, -0.1) is 12.4 Å². The first kappa shape index (κ1) is 18.5. The lowest BCUT2D eigenvalue weighted by atomic mass is 10.1. The fourth-order valence-corrected chi connectivity index (χ4v) is 1.09. The summed E-state index contributed by atoms with van der Waals surface area (Å²) in [4.78, 5) is 22.3. The average molecular weight is 269 g/mol. The lowest BCUT2D eigenvalue weighted by Crippen LogP contribution is -2.37. The minimum Gasteiger partial charge on any atom is -0.465 e. The molecule has 0 saturated carbocycles. The number of carbonyl (C=O) groups excluding carboxylic acids is 2. The van der Waals surface area contributed by atoms with Gasteiger partial charge in [-0.2, -0.15) is 0 Å². The van der Waals surface area contributed by atoms with E-state index in [1.165, 1.54) is 0 Å². The zero-order valence-corrected chi connectivity index (χ0v) is 11.0. The van der Waals surface area contributed by atoms with E-state index >= 15 is 0 Å². The van der Waals surface area contributed by atoms with Crippen LogP contribution in [0.5, 0.6) is 0 Å². The Morgan fingerprint density at radius 1 is 0.941 bits per heavy atom. The van der Waals surface area contributed by atoms with Crippen LogP contribution in [0.2, 0.25) is 0 Å². The number of ether oxygens (including phenoxy) is 2. The van der Waals surface area contributed by atoms with Crippen molar-refractivity contribution in [3.8, 4) is 0 Å². The Bertz CT molecular complexity index is 214. The molecule has 0 fully saturated rings. The molecule has 0 saturated heterocycles. The Kier molecular flexibility index (Phi) is 11.2. The van der Waals surface area contributed by atoms with Crippen LogP contribution in [0.25, 0.3) is 0 Å². The largest absolute Gasteiger partial charge is 0.465 e. The standard InChI is InChI=1S/C10H20N2O4.ClH/c1-3-15-9(13)7(11)5-6-8(12)10(14)16-4-2;/h7-8H,3-6,11-12H2,1-2H3;1H. The van der Waals surface area contributed by atoms with Gasteiger partial charge in [0.25, 0.3) is 0 Å². The van der Waals surface area contributed by atoms with Crippen LogP contribution in [0.3, 0.4) is 0 Å². The van der Waals surface area contributed by atoms with Crippen LogP contribution in [-0.2, 0) is 19.1 Å². The van der Waals surface area contributed by atoms with E-state index in [0.29, 0.717) is 12.8 Å². The summed E-state index contributed by atoms with van der Waals surface area (Å²) in [6, 6.07) is -1.47. The van der Waals surface area contributed by atoms with Crippen LogP contribution < -0.4 is 11.5 Å². The predicted molar refractivity (Wildman–Crippen MR) is 65.7 cm³/mol. The second-order valence-electron chi connectivity index (χ2n) is 3.29. The minimum absolute atomic E-state index is 0. The van der Waals surface area contributed by atoms with Crippen LogP contribution in [0.1, 0.15) is 26.7 Å². The molecule has 0 aromatic rings. The lowest BCUT2D eigenvalue weighted by Gasteiger charge is -2.13. The molecule has 7 heteroatoms. The van der Waals surface area contributed by atoms with Crippen molar-refractivity contribution in [3.63, 3.8) is 0 Å². The molecule has 4 N–H and O–H groups in total. The van der Waals surface area contributed by atoms with Gasteiger partial charge >= 0.3 is 11.9 Å². The topological polar surface area (TPSA) is 105 Å². The minimum atomic E-state index is -0.736. The van der Waals surface area contributed by atoms with E-state index in [-0.39, 0.29) is 25.6 Å². The van der Waals surface area contributed by atoms with Crippen molar-refractivity contribution in [3.05, 3.63) is 0 Å². The summed E-state index contributed by atoms with van der Waals surface area (Å²) >= 11 is 0. The van der Waals surface area contributed by atoms with Crippen molar-refractivity contribution in [1.82, 2.24) is 0 Å². The van der Waals surface area contributed by atoms with Crippen molar-refractivity contribution < 1.29 is 19.1 Å². The average Bonchev–Trinajstić information content (AvgIpc) is 2.25. The molecule has 17 heavy (non-hydrogen) atoms. The summed E-state index contributed by atoms with van der Waals surface area (Å²) < 4.78 is 9.45. The van der Waals surface area contributed by atoms with E-state index in [4.69, 9.17) is 20.9 Å². The first-order chi connectivity index (χ1) is 7.52. The zero-order chi connectivity index (χ0) is 12.6. The molecule has 0 radical (unpaired) electrons. The Balaban J connectivity index is 0. The van der Waals surface area contributed by atoms with Gasteiger partial charge in [0, 0.05) is 0 Å². The molecule has 0 heterocycles. The van der Waals surface area contributed by atoms with Crippen LogP contribution in [0, 0.1) is 0 Å².